The molecule has 2 atom stereocenters. The number of nitrogens with zero attached hydrogens (tertiary/aromatic N) is 2. The normalized spacial score (nSPS) is 16.2. The molecule has 4 nitrogen and oxygen atoms in total. The van der Waals surface area contributed by atoms with Crippen LogP contribution in [0.4, 0.5) is 13.2 Å². The fraction of sp³-hybridized carbons (Fsp3) is 0.750. The molecular weight excluding hydrogens is 291 g/mol. The number of alkyl halides is 3. The van der Waals surface area contributed by atoms with Gasteiger partial charge in [0.25, 0.3) is 0 Å². The van der Waals surface area contributed by atoms with Crippen LogP contribution < -0.4 is 4.72 Å². The van der Waals surface area contributed by atoms with Crippen LogP contribution in [0.2, 0.25) is 0 Å². The molecule has 0 amide bonds. The van der Waals surface area contributed by atoms with Crippen molar-refractivity contribution in [3.8, 4) is 0 Å². The van der Waals surface area contributed by atoms with Gasteiger partial charge >= 0.3 is 6.18 Å². The van der Waals surface area contributed by atoms with E-state index in [1.54, 1.807) is 13.1 Å². The van der Waals surface area contributed by atoms with Crippen molar-refractivity contribution in [2.24, 2.45) is 0 Å². The molecule has 8 heteroatoms. The van der Waals surface area contributed by atoms with Crippen LogP contribution in [0.3, 0.4) is 0 Å². The fourth-order valence-corrected chi connectivity index (χ4v) is 2.18. The number of hydrogen-bond acceptors (Lipinski definition) is 3. The van der Waals surface area contributed by atoms with Crippen molar-refractivity contribution < 1.29 is 17.7 Å². The van der Waals surface area contributed by atoms with Crippen molar-refractivity contribution >= 4 is 11.4 Å². The summed E-state index contributed by atoms with van der Waals surface area (Å²) in [5, 5.41) is 3.89. The monoisotopic (exact) mass is 311 g/mol. The first-order valence-electron chi connectivity index (χ1n) is 6.26. The molecule has 0 fully saturated rings. The van der Waals surface area contributed by atoms with E-state index in [1.165, 1.54) is 10.9 Å². The Hall–Kier alpha value is -0.730. The van der Waals surface area contributed by atoms with E-state index in [-0.39, 0.29) is 12.6 Å². The zero-order valence-electron chi connectivity index (χ0n) is 12.0. The SMILES string of the molecule is CC(N[S+]([O-])C(C)(C)C)c1cnn(CCC(F)(F)F)c1. The number of aromatic nitrogens is 2. The molecule has 0 aromatic carbocycles. The van der Waals surface area contributed by atoms with Crippen molar-refractivity contribution in [2.75, 3.05) is 0 Å². The van der Waals surface area contributed by atoms with Crippen LogP contribution in [-0.4, -0.2) is 25.3 Å². The molecule has 0 saturated carbocycles. The maximum Gasteiger partial charge on any atom is 0.390 e. The highest BCUT2D eigenvalue weighted by molar-refractivity contribution is 7.90. The average molecular weight is 311 g/mol. The lowest BCUT2D eigenvalue weighted by Gasteiger charge is -2.26. The Labute approximate surface area is 120 Å². The van der Waals surface area contributed by atoms with E-state index in [0.29, 0.717) is 5.56 Å². The topological polar surface area (TPSA) is 52.9 Å². The first-order chi connectivity index (χ1) is 8.99. The lowest BCUT2D eigenvalue weighted by Crippen LogP contribution is -2.40. The summed E-state index contributed by atoms with van der Waals surface area (Å²) in [6, 6.07) is -0.241. The van der Waals surface area contributed by atoms with E-state index in [2.05, 4.69) is 9.82 Å². The van der Waals surface area contributed by atoms with Gasteiger partial charge < -0.3 is 4.55 Å². The predicted octanol–water partition coefficient (Wildman–Crippen LogP) is 2.95. The number of aryl methyl sites for hydroxylation is 1. The Morgan fingerprint density at radius 1 is 1.40 bits per heavy atom. The van der Waals surface area contributed by atoms with Crippen molar-refractivity contribution in [1.29, 1.82) is 0 Å². The van der Waals surface area contributed by atoms with E-state index in [9.17, 15) is 17.7 Å². The zero-order valence-corrected chi connectivity index (χ0v) is 12.8. The molecule has 0 aliphatic carbocycles. The van der Waals surface area contributed by atoms with Crippen molar-refractivity contribution in [3.63, 3.8) is 0 Å². The molecule has 2 unspecified atom stereocenters. The molecule has 1 heterocycles. The molecule has 1 N–H and O–H groups in total. The Bertz CT molecular complexity index is 428. The second-order valence-corrected chi connectivity index (χ2v) is 7.62. The first kappa shape index (κ1) is 17.3. The third kappa shape index (κ3) is 5.72. The summed E-state index contributed by atoms with van der Waals surface area (Å²) in [5.41, 5.74) is 0.713. The summed E-state index contributed by atoms with van der Waals surface area (Å²) >= 11 is -1.24. The summed E-state index contributed by atoms with van der Waals surface area (Å²) in [6.45, 7) is 7.12. The van der Waals surface area contributed by atoms with Gasteiger partial charge in [-0.1, -0.05) is 0 Å². The molecule has 1 aromatic heterocycles. The number of nitrogens with one attached hydrogen (secondary N) is 1. The first-order valence-corrected chi connectivity index (χ1v) is 7.41. The minimum Gasteiger partial charge on any atom is -0.598 e. The molecule has 0 radical (unpaired) electrons. The third-order valence-electron chi connectivity index (χ3n) is 2.62. The van der Waals surface area contributed by atoms with E-state index in [0.717, 1.165) is 0 Å². The summed E-state index contributed by atoms with van der Waals surface area (Å²) in [6.07, 6.45) is -2.06. The average Bonchev–Trinajstić information content (AvgIpc) is 2.72. The van der Waals surface area contributed by atoms with Gasteiger partial charge in [-0.25, -0.2) is 0 Å². The van der Waals surface area contributed by atoms with Crippen molar-refractivity contribution in [2.45, 2.75) is 57.6 Å². The van der Waals surface area contributed by atoms with Gasteiger partial charge in [-0.05, 0) is 27.7 Å². The van der Waals surface area contributed by atoms with Gasteiger partial charge in [0.15, 0.2) is 0 Å². The second kappa shape index (κ2) is 6.36. The minimum atomic E-state index is -4.19. The molecule has 0 aliphatic heterocycles. The largest absolute Gasteiger partial charge is 0.598 e. The van der Waals surface area contributed by atoms with Gasteiger partial charge in [0, 0.05) is 29.7 Å². The Kier molecular flexibility index (Phi) is 5.51. The van der Waals surface area contributed by atoms with Crippen molar-refractivity contribution in [1.82, 2.24) is 14.5 Å². The highest BCUT2D eigenvalue weighted by atomic mass is 32.2. The van der Waals surface area contributed by atoms with E-state index in [4.69, 9.17) is 0 Å². The second-order valence-electron chi connectivity index (χ2n) is 5.62. The molecule has 1 aromatic rings. The molecule has 0 spiro atoms. The van der Waals surface area contributed by atoms with E-state index >= 15 is 0 Å². The number of hydrogen-bond donors (Lipinski definition) is 1. The maximum absolute atomic E-state index is 12.1. The zero-order chi connectivity index (χ0) is 15.6. The molecule has 0 saturated heterocycles. The van der Waals surface area contributed by atoms with Crippen molar-refractivity contribution in [3.05, 3.63) is 18.0 Å². The molecule has 0 bridgehead atoms. The highest BCUT2D eigenvalue weighted by Gasteiger charge is 2.29. The summed E-state index contributed by atoms with van der Waals surface area (Å²) in [7, 11) is 0. The van der Waals surface area contributed by atoms with Gasteiger partial charge in [0.05, 0.1) is 18.7 Å². The van der Waals surface area contributed by atoms with Crippen LogP contribution in [0.25, 0.3) is 0 Å². The quantitative estimate of drug-likeness (QED) is 0.851. The smallest absolute Gasteiger partial charge is 0.390 e. The van der Waals surface area contributed by atoms with Crippen LogP contribution >= 0.6 is 0 Å². The van der Waals surface area contributed by atoms with Crippen LogP contribution in [0, 0.1) is 0 Å². The van der Waals surface area contributed by atoms with Gasteiger partial charge in [-0.3, -0.25) is 4.68 Å². The van der Waals surface area contributed by atoms with E-state index < -0.39 is 28.7 Å². The molecule has 0 aliphatic rings. The molecular formula is C12H20F3N3OS. The van der Waals surface area contributed by atoms with Gasteiger partial charge in [0.2, 0.25) is 0 Å². The minimum absolute atomic E-state index is 0.210. The standard InChI is InChI=1S/C12H20F3N3OS/c1-9(17-20(19)11(2,3)4)10-7-16-18(8-10)6-5-12(13,14)15/h7-9,17H,5-6H2,1-4H3. The third-order valence-corrected chi connectivity index (χ3v) is 4.30. The van der Waals surface area contributed by atoms with Crippen LogP contribution in [-0.2, 0) is 17.9 Å². The van der Waals surface area contributed by atoms with Crippen LogP contribution in [0.1, 0.15) is 45.7 Å². The fourth-order valence-electron chi connectivity index (χ4n) is 1.37. The summed E-state index contributed by atoms with van der Waals surface area (Å²) in [4.78, 5) is 0. The van der Waals surface area contributed by atoms with Gasteiger partial charge in [-0.15, -0.1) is 4.72 Å². The number of halogens is 3. The summed E-state index contributed by atoms with van der Waals surface area (Å²) in [5.74, 6) is 0. The van der Waals surface area contributed by atoms with E-state index in [1.807, 2.05) is 20.8 Å². The number of rotatable bonds is 5. The lowest BCUT2D eigenvalue weighted by atomic mass is 10.2. The molecule has 1 rings (SSSR count). The molecule has 20 heavy (non-hydrogen) atoms. The Morgan fingerprint density at radius 2 is 2.00 bits per heavy atom. The lowest BCUT2D eigenvalue weighted by molar-refractivity contribution is -0.137. The van der Waals surface area contributed by atoms with Gasteiger partial charge in [0.1, 0.15) is 4.75 Å². The maximum atomic E-state index is 12.1. The highest BCUT2D eigenvalue weighted by Crippen LogP contribution is 2.22. The Morgan fingerprint density at radius 3 is 2.50 bits per heavy atom. The predicted molar refractivity (Wildman–Crippen MR) is 72.3 cm³/mol. The summed E-state index contributed by atoms with van der Waals surface area (Å²) < 4.78 is 52.1. The van der Waals surface area contributed by atoms with Crippen LogP contribution in [0.15, 0.2) is 12.4 Å². The molecule has 116 valence electrons. The van der Waals surface area contributed by atoms with Crippen LogP contribution in [0.5, 0.6) is 0 Å². The Balaban J connectivity index is 2.58. The van der Waals surface area contributed by atoms with Gasteiger partial charge in [-0.2, -0.15) is 18.3 Å².